The number of hydrogen-bond acceptors (Lipinski definition) is 0. The van der Waals surface area contributed by atoms with E-state index in [1.54, 1.807) is 0 Å². The SMILES string of the molecule is CC[N+](CC)(CC)CC.c1ccc([N+](c2ccccc2)(c2ccccc2)c2ccccc2)cc1. The molecule has 2 heteroatoms. The highest BCUT2D eigenvalue weighted by molar-refractivity contribution is 5.81. The van der Waals surface area contributed by atoms with Crippen molar-refractivity contribution < 1.29 is 4.48 Å². The van der Waals surface area contributed by atoms with Gasteiger partial charge in [0.1, 0.15) is 22.7 Å². The van der Waals surface area contributed by atoms with Gasteiger partial charge in [-0.3, -0.25) is 0 Å². The van der Waals surface area contributed by atoms with E-state index in [0.29, 0.717) is 4.48 Å². The van der Waals surface area contributed by atoms with Crippen LogP contribution in [-0.4, -0.2) is 30.7 Å². The van der Waals surface area contributed by atoms with Crippen molar-refractivity contribution in [3.63, 3.8) is 0 Å². The zero-order valence-electron chi connectivity index (χ0n) is 21.3. The molecule has 0 fully saturated rings. The summed E-state index contributed by atoms with van der Waals surface area (Å²) in [6.07, 6.45) is 0. The molecule has 0 aliphatic rings. The molecule has 2 nitrogen and oxygen atoms in total. The van der Waals surface area contributed by atoms with Gasteiger partial charge in [0.25, 0.3) is 0 Å². The molecule has 0 aromatic heterocycles. The van der Waals surface area contributed by atoms with E-state index in [2.05, 4.69) is 149 Å². The summed E-state index contributed by atoms with van der Waals surface area (Å²) in [6.45, 7) is 14.2. The van der Waals surface area contributed by atoms with Gasteiger partial charge in [0.2, 0.25) is 0 Å². The molecule has 4 aromatic carbocycles. The lowest BCUT2D eigenvalue weighted by atomic mass is 10.1. The van der Waals surface area contributed by atoms with Crippen LogP contribution in [0, 0.1) is 0 Å². The molecule has 176 valence electrons. The zero-order chi connectivity index (χ0) is 24.3. The molecular formula is C32H40N2+2. The number of hydrogen-bond donors (Lipinski definition) is 0. The standard InChI is InChI=1S/C24H20N.C8H20N/c1-5-13-21(14-6-1)25(22-15-7-2-8-16-22,23-17-9-3-10-18-23)24-19-11-4-12-20-24;1-5-9(6-2,7-3)8-4/h1-20H;5-8H2,1-4H3/q2*+1. The average molecular weight is 453 g/mol. The quantitative estimate of drug-likeness (QED) is 0.234. The van der Waals surface area contributed by atoms with Crippen LogP contribution >= 0.6 is 0 Å². The third kappa shape index (κ3) is 5.30. The fourth-order valence-electron chi connectivity index (χ4n) is 4.84. The van der Waals surface area contributed by atoms with Crippen molar-refractivity contribution in [2.75, 3.05) is 26.2 Å². The molecule has 0 radical (unpaired) electrons. The Balaban J connectivity index is 0.000000309. The van der Waals surface area contributed by atoms with Crippen LogP contribution in [0.15, 0.2) is 121 Å². The van der Waals surface area contributed by atoms with E-state index < -0.39 is 0 Å². The van der Waals surface area contributed by atoms with Crippen molar-refractivity contribution in [1.29, 1.82) is 0 Å². The van der Waals surface area contributed by atoms with Crippen molar-refractivity contribution in [3.05, 3.63) is 121 Å². The summed E-state index contributed by atoms with van der Waals surface area (Å²) >= 11 is 0. The van der Waals surface area contributed by atoms with Crippen molar-refractivity contribution >= 4 is 22.7 Å². The topological polar surface area (TPSA) is 0 Å². The van der Waals surface area contributed by atoms with Crippen molar-refractivity contribution in [2.24, 2.45) is 0 Å². The van der Waals surface area contributed by atoms with Gasteiger partial charge in [0, 0.05) is 48.5 Å². The second-order valence-corrected chi connectivity index (χ2v) is 8.62. The van der Waals surface area contributed by atoms with E-state index in [-0.39, 0.29) is 0 Å². The van der Waals surface area contributed by atoms with E-state index in [0.717, 1.165) is 0 Å². The maximum atomic E-state index is 2.27. The molecule has 0 saturated carbocycles. The van der Waals surface area contributed by atoms with Gasteiger partial charge < -0.3 is 4.48 Å². The first kappa shape index (κ1) is 25.4. The van der Waals surface area contributed by atoms with Crippen LogP contribution in [0.2, 0.25) is 0 Å². The maximum absolute atomic E-state index is 2.27. The zero-order valence-corrected chi connectivity index (χ0v) is 21.3. The summed E-state index contributed by atoms with van der Waals surface area (Å²) in [5.41, 5.74) is 4.86. The van der Waals surface area contributed by atoms with Crippen LogP contribution in [0.3, 0.4) is 0 Å². The summed E-state index contributed by atoms with van der Waals surface area (Å²) in [5, 5.41) is 0. The maximum Gasteiger partial charge on any atom is 0.148 e. The molecule has 0 unspecified atom stereocenters. The van der Waals surface area contributed by atoms with E-state index >= 15 is 0 Å². The lowest BCUT2D eigenvalue weighted by Gasteiger charge is -2.37. The molecule has 0 amide bonds. The Morgan fingerprint density at radius 1 is 0.353 bits per heavy atom. The summed E-state index contributed by atoms with van der Waals surface area (Å²) < 4.78 is 1.84. The van der Waals surface area contributed by atoms with Crippen LogP contribution in [0.5, 0.6) is 0 Å². The lowest BCUT2D eigenvalue weighted by Crippen LogP contribution is -2.47. The second-order valence-electron chi connectivity index (χ2n) is 8.62. The van der Waals surface area contributed by atoms with Crippen LogP contribution in [0.25, 0.3) is 0 Å². The van der Waals surface area contributed by atoms with Gasteiger partial charge in [0.15, 0.2) is 0 Å². The van der Waals surface area contributed by atoms with Crippen molar-refractivity contribution in [1.82, 2.24) is 4.48 Å². The summed E-state index contributed by atoms with van der Waals surface area (Å²) in [6, 6.07) is 42.8. The highest BCUT2D eigenvalue weighted by atomic mass is 15.4. The molecule has 4 aromatic rings. The van der Waals surface area contributed by atoms with E-state index in [1.165, 1.54) is 53.4 Å². The molecular weight excluding hydrogens is 412 g/mol. The van der Waals surface area contributed by atoms with Gasteiger partial charge in [-0.25, -0.2) is 0 Å². The molecule has 0 aliphatic heterocycles. The first-order chi connectivity index (χ1) is 16.7. The minimum absolute atomic E-state index is 0.559. The smallest absolute Gasteiger partial charge is 0.148 e. The predicted molar refractivity (Wildman–Crippen MR) is 149 cm³/mol. The average Bonchev–Trinajstić information content (AvgIpc) is 2.94. The molecule has 0 spiro atoms. The third-order valence-electron chi connectivity index (χ3n) is 7.26. The summed E-state index contributed by atoms with van der Waals surface area (Å²) in [4.78, 5) is 0. The van der Waals surface area contributed by atoms with Gasteiger partial charge in [-0.05, 0) is 27.7 Å². The van der Waals surface area contributed by atoms with Gasteiger partial charge in [-0.2, -0.15) is 4.48 Å². The molecule has 34 heavy (non-hydrogen) atoms. The molecule has 0 atom stereocenters. The normalized spacial score (nSPS) is 11.4. The minimum atomic E-state index is 0.559. The van der Waals surface area contributed by atoms with Crippen molar-refractivity contribution in [2.45, 2.75) is 27.7 Å². The number of para-hydroxylation sites is 4. The Morgan fingerprint density at radius 3 is 0.706 bits per heavy atom. The Hall–Kier alpha value is -3.20. The van der Waals surface area contributed by atoms with E-state index in [1.807, 2.05) is 0 Å². The first-order valence-corrected chi connectivity index (χ1v) is 12.6. The predicted octanol–water partition coefficient (Wildman–Crippen LogP) is 8.87. The third-order valence-corrected chi connectivity index (χ3v) is 7.26. The molecule has 0 heterocycles. The summed E-state index contributed by atoms with van der Waals surface area (Å²) in [5.74, 6) is 0. The Kier molecular flexibility index (Phi) is 9.21. The number of nitrogens with zero attached hydrogens (tertiary/aromatic N) is 2. The summed E-state index contributed by atoms with van der Waals surface area (Å²) in [7, 11) is 0. The van der Waals surface area contributed by atoms with Crippen LogP contribution in [0.1, 0.15) is 27.7 Å². The van der Waals surface area contributed by atoms with Crippen LogP contribution < -0.4 is 4.48 Å². The number of rotatable bonds is 8. The lowest BCUT2D eigenvalue weighted by molar-refractivity contribution is -0.921. The highest BCUT2D eigenvalue weighted by Gasteiger charge is 2.38. The fourth-order valence-corrected chi connectivity index (χ4v) is 4.84. The van der Waals surface area contributed by atoms with Gasteiger partial charge in [0.05, 0.1) is 26.2 Å². The molecule has 4 rings (SSSR count). The first-order valence-electron chi connectivity index (χ1n) is 12.6. The van der Waals surface area contributed by atoms with Gasteiger partial charge in [-0.1, -0.05) is 72.8 Å². The number of quaternary nitrogens is 2. The van der Waals surface area contributed by atoms with Crippen LogP contribution in [-0.2, 0) is 0 Å². The molecule has 0 bridgehead atoms. The largest absolute Gasteiger partial charge is 0.325 e. The van der Waals surface area contributed by atoms with Gasteiger partial charge >= 0.3 is 0 Å². The van der Waals surface area contributed by atoms with Gasteiger partial charge in [-0.15, -0.1) is 0 Å². The van der Waals surface area contributed by atoms with Crippen LogP contribution in [0.4, 0.5) is 22.7 Å². The molecule has 0 saturated heterocycles. The molecule has 0 N–H and O–H groups in total. The van der Waals surface area contributed by atoms with E-state index in [4.69, 9.17) is 0 Å². The Labute approximate surface area is 206 Å². The second kappa shape index (κ2) is 12.3. The molecule has 0 aliphatic carbocycles. The number of benzene rings is 4. The van der Waals surface area contributed by atoms with E-state index in [9.17, 15) is 0 Å². The Bertz CT molecular complexity index is 892. The Morgan fingerprint density at radius 2 is 0.559 bits per heavy atom. The fraction of sp³-hybridized carbons (Fsp3) is 0.250. The monoisotopic (exact) mass is 452 g/mol. The minimum Gasteiger partial charge on any atom is -0.325 e. The van der Waals surface area contributed by atoms with Crippen molar-refractivity contribution in [3.8, 4) is 0 Å². The highest BCUT2D eigenvalue weighted by Crippen LogP contribution is 2.50.